The number of aromatic carboxylic acids is 1. The average Bonchev–Trinajstić information content (AvgIpc) is 2.05. The maximum Gasteiger partial charge on any atom is 0.335 e. The molecule has 3 nitrogen and oxygen atoms in total. The van der Waals surface area contributed by atoms with Crippen molar-refractivity contribution in [3.63, 3.8) is 0 Å². The molecule has 0 aliphatic rings. The van der Waals surface area contributed by atoms with Crippen LogP contribution in [0.2, 0.25) is 0 Å². The molecule has 0 atom stereocenters. The lowest BCUT2D eigenvalue weighted by Crippen LogP contribution is -2.23. The second-order valence-electron chi connectivity index (χ2n) is 2.40. The van der Waals surface area contributed by atoms with E-state index < -0.39 is 15.7 Å². The summed E-state index contributed by atoms with van der Waals surface area (Å²) >= 11 is 0. The summed E-state index contributed by atoms with van der Waals surface area (Å²) < 4.78 is 4.99. The molecule has 0 radical (unpaired) electrons. The van der Waals surface area contributed by atoms with E-state index in [9.17, 15) is 4.79 Å². The number of rotatable bonds is 3. The molecule has 1 N–H and O–H groups in total. The Bertz CT molecular complexity index is 285. The third kappa shape index (κ3) is 1.93. The molecule has 64 valence electrons. The van der Waals surface area contributed by atoms with Gasteiger partial charge in [0.15, 0.2) is 9.76 Å². The molecular weight excluding hydrogens is 172 g/mol. The summed E-state index contributed by atoms with van der Waals surface area (Å²) in [5.41, 5.74) is 0.367. The smallest absolute Gasteiger partial charge is 0.335 e. The Morgan fingerprint density at radius 1 is 1.50 bits per heavy atom. The van der Waals surface area contributed by atoms with E-state index in [2.05, 4.69) is 0 Å². The van der Waals surface area contributed by atoms with Crippen LogP contribution in [0.4, 0.5) is 0 Å². The van der Waals surface area contributed by atoms with Gasteiger partial charge in [0.1, 0.15) is 0 Å². The van der Waals surface area contributed by atoms with E-state index in [0.717, 1.165) is 5.19 Å². The Labute approximate surface area is 72.9 Å². The molecule has 0 amide bonds. The van der Waals surface area contributed by atoms with Gasteiger partial charge < -0.3 is 9.53 Å². The molecule has 0 aromatic heterocycles. The third-order valence-electron chi connectivity index (χ3n) is 1.55. The Morgan fingerprint density at radius 2 is 2.17 bits per heavy atom. The van der Waals surface area contributed by atoms with Crippen LogP contribution >= 0.6 is 0 Å². The average molecular weight is 182 g/mol. The molecule has 0 saturated heterocycles. The lowest BCUT2D eigenvalue weighted by atomic mass is 10.2. The fourth-order valence-corrected chi connectivity index (χ4v) is 1.98. The van der Waals surface area contributed by atoms with E-state index in [1.54, 1.807) is 25.3 Å². The van der Waals surface area contributed by atoms with Crippen LogP contribution in [0.25, 0.3) is 0 Å². The van der Waals surface area contributed by atoms with Crippen LogP contribution in [0, 0.1) is 0 Å². The highest BCUT2D eigenvalue weighted by molar-refractivity contribution is 6.49. The number of carboxylic acid groups (broad SMARTS) is 1. The molecule has 1 rings (SSSR count). The molecule has 0 heterocycles. The molecule has 1 aromatic carbocycles. The lowest BCUT2D eigenvalue weighted by Gasteiger charge is -2.02. The van der Waals surface area contributed by atoms with Gasteiger partial charge >= 0.3 is 5.97 Å². The second kappa shape index (κ2) is 4.03. The predicted octanol–water partition coefficient (Wildman–Crippen LogP) is -0.260. The summed E-state index contributed by atoms with van der Waals surface area (Å²) in [4.78, 5) is 10.7. The van der Waals surface area contributed by atoms with Gasteiger partial charge in [-0.25, -0.2) is 4.79 Å². The van der Waals surface area contributed by atoms with Crippen molar-refractivity contribution in [2.45, 2.75) is 0 Å². The molecule has 0 saturated carbocycles. The fraction of sp³-hybridized carbons (Fsp3) is 0.125. The van der Waals surface area contributed by atoms with Gasteiger partial charge in [-0.05, 0) is 11.3 Å². The van der Waals surface area contributed by atoms with Crippen molar-refractivity contribution in [3.8, 4) is 0 Å². The summed E-state index contributed by atoms with van der Waals surface area (Å²) in [7, 11) is 0.748. The normalized spacial score (nSPS) is 10.8. The minimum atomic E-state index is -0.879. The van der Waals surface area contributed by atoms with Crippen molar-refractivity contribution in [2.75, 3.05) is 7.11 Å². The Kier molecular flexibility index (Phi) is 3.01. The van der Waals surface area contributed by atoms with Crippen LogP contribution in [-0.2, 0) is 4.43 Å². The van der Waals surface area contributed by atoms with Gasteiger partial charge in [0.25, 0.3) is 0 Å². The zero-order valence-corrected chi connectivity index (χ0v) is 8.19. The molecule has 1 aromatic rings. The molecule has 4 heteroatoms. The zero-order valence-electron chi connectivity index (χ0n) is 6.78. The monoisotopic (exact) mass is 182 g/mol. The van der Waals surface area contributed by atoms with E-state index in [1.165, 1.54) is 0 Å². The van der Waals surface area contributed by atoms with Crippen molar-refractivity contribution in [1.29, 1.82) is 0 Å². The maximum absolute atomic E-state index is 10.7. The van der Waals surface area contributed by atoms with Crippen LogP contribution in [0.5, 0.6) is 0 Å². The summed E-state index contributed by atoms with van der Waals surface area (Å²) in [6.07, 6.45) is 0. The van der Waals surface area contributed by atoms with Crippen molar-refractivity contribution < 1.29 is 14.3 Å². The zero-order chi connectivity index (χ0) is 8.97. The third-order valence-corrected chi connectivity index (χ3v) is 2.76. The van der Waals surface area contributed by atoms with Crippen molar-refractivity contribution in [1.82, 2.24) is 0 Å². The summed E-state index contributed by atoms with van der Waals surface area (Å²) in [6, 6.07) is 6.95. The van der Waals surface area contributed by atoms with Crippen LogP contribution in [0.15, 0.2) is 24.3 Å². The summed E-state index contributed by atoms with van der Waals surface area (Å²) in [6.45, 7) is 0. The second-order valence-corrected chi connectivity index (χ2v) is 4.02. The number of hydrogen-bond acceptors (Lipinski definition) is 2. The van der Waals surface area contributed by atoms with Gasteiger partial charge in [-0.2, -0.15) is 0 Å². The van der Waals surface area contributed by atoms with Gasteiger partial charge in [0, 0.05) is 7.11 Å². The SMILES string of the molecule is CO[SiH2]c1ccccc1C(=O)O. The van der Waals surface area contributed by atoms with E-state index in [4.69, 9.17) is 9.53 Å². The molecule has 0 spiro atoms. The Morgan fingerprint density at radius 3 is 2.75 bits per heavy atom. The largest absolute Gasteiger partial charge is 0.478 e. The van der Waals surface area contributed by atoms with Crippen LogP contribution < -0.4 is 5.19 Å². The highest BCUT2D eigenvalue weighted by Crippen LogP contribution is 1.94. The van der Waals surface area contributed by atoms with E-state index in [0.29, 0.717) is 5.56 Å². The Hall–Kier alpha value is -1.13. The molecular formula is C8H10O3Si. The van der Waals surface area contributed by atoms with Crippen molar-refractivity contribution >= 4 is 20.9 Å². The predicted molar refractivity (Wildman–Crippen MR) is 48.6 cm³/mol. The maximum atomic E-state index is 10.7. The van der Waals surface area contributed by atoms with Gasteiger partial charge in [-0.1, -0.05) is 18.2 Å². The van der Waals surface area contributed by atoms with Gasteiger partial charge in [-0.15, -0.1) is 0 Å². The van der Waals surface area contributed by atoms with Crippen LogP contribution in [0.1, 0.15) is 10.4 Å². The molecule has 0 aliphatic carbocycles. The molecule has 0 bridgehead atoms. The van der Waals surface area contributed by atoms with E-state index in [1.807, 2.05) is 6.07 Å². The van der Waals surface area contributed by atoms with Crippen LogP contribution in [-0.4, -0.2) is 27.9 Å². The van der Waals surface area contributed by atoms with Gasteiger partial charge in [0.2, 0.25) is 0 Å². The highest BCUT2D eigenvalue weighted by Gasteiger charge is 2.07. The number of carboxylic acids is 1. The van der Waals surface area contributed by atoms with Gasteiger partial charge in [0.05, 0.1) is 5.56 Å². The standard InChI is InChI=1S/C8H10O3Si/c1-11-12-7-5-3-2-4-6(7)8(9)10/h2-5H,12H2,1H3,(H,9,10). The first-order valence-electron chi connectivity index (χ1n) is 3.56. The summed E-state index contributed by atoms with van der Waals surface area (Å²) in [5, 5.41) is 9.60. The van der Waals surface area contributed by atoms with E-state index in [-0.39, 0.29) is 0 Å². The van der Waals surface area contributed by atoms with Gasteiger partial charge in [-0.3, -0.25) is 0 Å². The van der Waals surface area contributed by atoms with E-state index >= 15 is 0 Å². The molecule has 12 heavy (non-hydrogen) atoms. The fourth-order valence-electron chi connectivity index (χ4n) is 1.01. The molecule has 0 unspecified atom stereocenters. The quantitative estimate of drug-likeness (QED) is 0.655. The van der Waals surface area contributed by atoms with Crippen molar-refractivity contribution in [2.24, 2.45) is 0 Å². The lowest BCUT2D eigenvalue weighted by molar-refractivity contribution is 0.0698. The summed E-state index contributed by atoms with van der Waals surface area (Å²) in [5.74, 6) is -0.879. The Balaban J connectivity index is 3.00. The van der Waals surface area contributed by atoms with Crippen LogP contribution in [0.3, 0.4) is 0 Å². The minimum absolute atomic E-state index is 0.367. The topological polar surface area (TPSA) is 46.5 Å². The van der Waals surface area contributed by atoms with Crippen molar-refractivity contribution in [3.05, 3.63) is 29.8 Å². The minimum Gasteiger partial charge on any atom is -0.478 e. The number of carbonyl (C=O) groups is 1. The molecule has 0 aliphatic heterocycles. The first kappa shape index (κ1) is 8.96. The molecule has 0 fully saturated rings. The highest BCUT2D eigenvalue weighted by atomic mass is 28.2. The number of hydrogen-bond donors (Lipinski definition) is 1. The first-order valence-corrected chi connectivity index (χ1v) is 4.84. The first-order chi connectivity index (χ1) is 5.75. The number of benzene rings is 1.